The van der Waals surface area contributed by atoms with E-state index in [0.29, 0.717) is 6.54 Å². The standard InChI is InChI=1S/C23H28N2O3/c1-16(24-22(26)28-23(2,3)4)15-25-13-12-18-6-7-19(14-21(18)25)17-8-10-20(27-5)11-9-17/h6-14,16H,15H2,1-5H3,(H,24,26)/t16-/m0/s1. The summed E-state index contributed by atoms with van der Waals surface area (Å²) in [6, 6.07) is 16.5. The van der Waals surface area contributed by atoms with Crippen LogP contribution >= 0.6 is 0 Å². The second-order valence-electron chi connectivity index (χ2n) is 8.02. The average Bonchev–Trinajstić information content (AvgIpc) is 3.02. The fourth-order valence-corrected chi connectivity index (χ4v) is 3.16. The Hall–Kier alpha value is -2.95. The van der Waals surface area contributed by atoms with Gasteiger partial charge in [-0.05, 0) is 68.5 Å². The van der Waals surface area contributed by atoms with Crippen LogP contribution in [0.1, 0.15) is 27.7 Å². The predicted molar refractivity (Wildman–Crippen MR) is 113 cm³/mol. The maximum atomic E-state index is 12.0. The van der Waals surface area contributed by atoms with Crippen LogP contribution in [0.5, 0.6) is 5.75 Å². The lowest BCUT2D eigenvalue weighted by Crippen LogP contribution is -2.39. The molecule has 1 amide bonds. The van der Waals surface area contributed by atoms with Gasteiger partial charge < -0.3 is 19.4 Å². The smallest absolute Gasteiger partial charge is 0.407 e. The Balaban J connectivity index is 1.77. The molecular formula is C23H28N2O3. The van der Waals surface area contributed by atoms with Crippen molar-refractivity contribution in [3.8, 4) is 16.9 Å². The van der Waals surface area contributed by atoms with Crippen LogP contribution in [-0.4, -0.2) is 29.4 Å². The molecule has 5 nitrogen and oxygen atoms in total. The zero-order valence-corrected chi connectivity index (χ0v) is 17.2. The lowest BCUT2D eigenvalue weighted by Gasteiger charge is -2.22. The number of hydrogen-bond donors (Lipinski definition) is 1. The quantitative estimate of drug-likeness (QED) is 0.659. The van der Waals surface area contributed by atoms with Crippen molar-refractivity contribution in [3.63, 3.8) is 0 Å². The minimum absolute atomic E-state index is 0.0601. The molecule has 0 aliphatic rings. The molecule has 1 aromatic heterocycles. The van der Waals surface area contributed by atoms with Gasteiger partial charge in [-0.1, -0.05) is 24.3 Å². The molecule has 2 aromatic carbocycles. The number of nitrogens with one attached hydrogen (secondary N) is 1. The first-order chi connectivity index (χ1) is 13.2. The molecule has 1 atom stereocenters. The molecule has 0 aliphatic carbocycles. The van der Waals surface area contributed by atoms with E-state index in [1.165, 1.54) is 5.39 Å². The number of carbonyl (C=O) groups excluding carboxylic acids is 1. The van der Waals surface area contributed by atoms with E-state index in [0.717, 1.165) is 22.4 Å². The van der Waals surface area contributed by atoms with Crippen molar-refractivity contribution in [3.05, 3.63) is 54.7 Å². The molecule has 28 heavy (non-hydrogen) atoms. The van der Waals surface area contributed by atoms with Crippen LogP contribution in [-0.2, 0) is 11.3 Å². The van der Waals surface area contributed by atoms with Gasteiger partial charge in [0.15, 0.2) is 0 Å². The number of ether oxygens (including phenoxy) is 2. The van der Waals surface area contributed by atoms with Crippen molar-refractivity contribution in [2.45, 2.75) is 45.9 Å². The van der Waals surface area contributed by atoms with Gasteiger partial charge in [0, 0.05) is 24.3 Å². The number of amides is 1. The van der Waals surface area contributed by atoms with Crippen LogP contribution < -0.4 is 10.1 Å². The fourth-order valence-electron chi connectivity index (χ4n) is 3.16. The number of aromatic nitrogens is 1. The van der Waals surface area contributed by atoms with Gasteiger partial charge in [-0.25, -0.2) is 4.79 Å². The Kier molecular flexibility index (Phi) is 5.63. The molecule has 3 aromatic rings. The van der Waals surface area contributed by atoms with Gasteiger partial charge in [-0.15, -0.1) is 0 Å². The maximum Gasteiger partial charge on any atom is 0.407 e. The Bertz CT molecular complexity index is 952. The third-order valence-electron chi connectivity index (χ3n) is 4.43. The van der Waals surface area contributed by atoms with Crippen LogP contribution in [0.15, 0.2) is 54.7 Å². The van der Waals surface area contributed by atoms with Gasteiger partial charge in [-0.3, -0.25) is 0 Å². The molecule has 148 valence electrons. The Morgan fingerprint density at radius 2 is 1.75 bits per heavy atom. The molecule has 0 unspecified atom stereocenters. The van der Waals surface area contributed by atoms with Gasteiger partial charge in [0.05, 0.1) is 7.11 Å². The van der Waals surface area contributed by atoms with E-state index in [-0.39, 0.29) is 6.04 Å². The number of benzene rings is 2. The summed E-state index contributed by atoms with van der Waals surface area (Å²) < 4.78 is 12.7. The second-order valence-corrected chi connectivity index (χ2v) is 8.02. The summed E-state index contributed by atoms with van der Waals surface area (Å²) in [7, 11) is 1.67. The van der Waals surface area contributed by atoms with E-state index >= 15 is 0 Å². The zero-order chi connectivity index (χ0) is 20.3. The van der Waals surface area contributed by atoms with Crippen LogP contribution in [0.2, 0.25) is 0 Å². The van der Waals surface area contributed by atoms with Crippen molar-refractivity contribution in [1.29, 1.82) is 0 Å². The monoisotopic (exact) mass is 380 g/mol. The van der Waals surface area contributed by atoms with Gasteiger partial charge in [0.1, 0.15) is 11.4 Å². The first-order valence-corrected chi connectivity index (χ1v) is 9.48. The van der Waals surface area contributed by atoms with E-state index in [1.54, 1.807) is 7.11 Å². The number of nitrogens with zero attached hydrogens (tertiary/aromatic N) is 1. The minimum Gasteiger partial charge on any atom is -0.497 e. The second kappa shape index (κ2) is 7.97. The molecule has 0 radical (unpaired) electrons. The van der Waals surface area contributed by atoms with Gasteiger partial charge in [0.2, 0.25) is 0 Å². The number of carbonyl (C=O) groups is 1. The summed E-state index contributed by atoms with van der Waals surface area (Å²) in [4.78, 5) is 12.0. The van der Waals surface area contributed by atoms with Gasteiger partial charge in [-0.2, -0.15) is 0 Å². The maximum absolute atomic E-state index is 12.0. The summed E-state index contributed by atoms with van der Waals surface area (Å²) in [5, 5.41) is 4.07. The summed E-state index contributed by atoms with van der Waals surface area (Å²) in [5.74, 6) is 0.843. The first kappa shape index (κ1) is 19.8. The molecule has 0 aliphatic heterocycles. The zero-order valence-electron chi connectivity index (χ0n) is 17.2. The van der Waals surface area contributed by atoms with E-state index in [4.69, 9.17) is 9.47 Å². The summed E-state index contributed by atoms with van der Waals surface area (Å²) in [6.07, 6.45) is 1.66. The molecular weight excluding hydrogens is 352 g/mol. The highest BCUT2D eigenvalue weighted by atomic mass is 16.6. The van der Waals surface area contributed by atoms with E-state index in [2.05, 4.69) is 52.5 Å². The lowest BCUT2D eigenvalue weighted by molar-refractivity contribution is 0.0504. The van der Waals surface area contributed by atoms with Crippen molar-refractivity contribution in [1.82, 2.24) is 9.88 Å². The number of fused-ring (bicyclic) bond motifs is 1. The van der Waals surface area contributed by atoms with Crippen molar-refractivity contribution >= 4 is 17.0 Å². The number of methoxy groups -OCH3 is 1. The molecule has 1 heterocycles. The molecule has 0 saturated heterocycles. The van der Waals surface area contributed by atoms with Crippen LogP contribution in [0.4, 0.5) is 4.79 Å². The molecule has 1 N–H and O–H groups in total. The van der Waals surface area contributed by atoms with Crippen molar-refractivity contribution in [2.24, 2.45) is 0 Å². The Morgan fingerprint density at radius 1 is 1.07 bits per heavy atom. The van der Waals surface area contributed by atoms with Gasteiger partial charge in [0.25, 0.3) is 0 Å². The van der Waals surface area contributed by atoms with E-state index in [1.807, 2.05) is 39.8 Å². The van der Waals surface area contributed by atoms with E-state index in [9.17, 15) is 4.79 Å². The summed E-state index contributed by atoms with van der Waals surface area (Å²) >= 11 is 0. The molecule has 5 heteroatoms. The first-order valence-electron chi connectivity index (χ1n) is 9.48. The SMILES string of the molecule is COc1ccc(-c2ccc3ccn(C[C@H](C)NC(=O)OC(C)(C)C)c3c2)cc1. The number of alkyl carbamates (subject to hydrolysis) is 1. The summed E-state index contributed by atoms with van der Waals surface area (Å²) in [6.45, 7) is 8.21. The molecule has 3 rings (SSSR count). The topological polar surface area (TPSA) is 52.5 Å². The average molecular weight is 380 g/mol. The van der Waals surface area contributed by atoms with Crippen molar-refractivity contribution in [2.75, 3.05) is 7.11 Å². The van der Waals surface area contributed by atoms with Crippen LogP contribution in [0.25, 0.3) is 22.0 Å². The third-order valence-corrected chi connectivity index (χ3v) is 4.43. The van der Waals surface area contributed by atoms with Gasteiger partial charge >= 0.3 is 6.09 Å². The Labute approximate surface area is 166 Å². The van der Waals surface area contributed by atoms with Crippen molar-refractivity contribution < 1.29 is 14.3 Å². The number of rotatable bonds is 5. The normalized spacial score (nSPS) is 12.6. The largest absolute Gasteiger partial charge is 0.497 e. The predicted octanol–water partition coefficient (Wildman–Crippen LogP) is 5.23. The summed E-state index contributed by atoms with van der Waals surface area (Å²) in [5.41, 5.74) is 2.90. The molecule has 0 bridgehead atoms. The lowest BCUT2D eigenvalue weighted by atomic mass is 10.0. The minimum atomic E-state index is -0.503. The molecule has 0 spiro atoms. The molecule has 0 fully saturated rings. The van der Waals surface area contributed by atoms with E-state index < -0.39 is 11.7 Å². The highest BCUT2D eigenvalue weighted by molar-refractivity contribution is 5.85. The molecule has 0 saturated carbocycles. The fraction of sp³-hybridized carbons (Fsp3) is 0.348. The number of hydrogen-bond acceptors (Lipinski definition) is 3. The van der Waals surface area contributed by atoms with Crippen LogP contribution in [0, 0.1) is 0 Å². The highest BCUT2D eigenvalue weighted by Gasteiger charge is 2.18. The Morgan fingerprint density at radius 3 is 2.39 bits per heavy atom. The third kappa shape index (κ3) is 4.85. The van der Waals surface area contributed by atoms with Crippen LogP contribution in [0.3, 0.4) is 0 Å². The highest BCUT2D eigenvalue weighted by Crippen LogP contribution is 2.27.